The van der Waals surface area contributed by atoms with Crippen LogP contribution in [0, 0.1) is 0 Å². The number of hydrogen-bond donors (Lipinski definition) is 0. The van der Waals surface area contributed by atoms with Gasteiger partial charge in [-0.3, -0.25) is 0 Å². The normalized spacial score (nSPS) is 11.8. The van der Waals surface area contributed by atoms with Gasteiger partial charge in [0.25, 0.3) is 0 Å². The largest absolute Gasteiger partial charge is 0.208 e. The first-order chi connectivity index (χ1) is 36.7. The van der Waals surface area contributed by atoms with Crippen LogP contribution in [0.2, 0.25) is 0 Å². The van der Waals surface area contributed by atoms with Crippen LogP contribution in [0.1, 0.15) is 0 Å². The topological polar surface area (TPSA) is 77.3 Å². The standard InChI is InChI=1S/C68H40N6/c1-4-16-41(17-5-1)63-69-64(42-18-6-2-7-19-42)71-66(70-63)44-30-32-45(33-31-44)67-72-65(43-20-8-3-9-21-43)73-68(74-67)48-39-46(49-34-36-59-53-24-12-10-22-51(53)57-28-14-26-55(49)61(57)59)38-47(40-48)50-35-37-60-54-25-13-11-23-52(54)58-29-15-27-56(50)62(58)60/h1-40H. The summed E-state index contributed by atoms with van der Waals surface area (Å²) in [6.07, 6.45) is 0. The van der Waals surface area contributed by atoms with Crippen LogP contribution in [-0.4, -0.2) is 29.9 Å². The highest BCUT2D eigenvalue weighted by Gasteiger charge is 2.26. The van der Waals surface area contributed by atoms with E-state index in [2.05, 4.69) is 152 Å². The quantitative estimate of drug-likeness (QED) is 0.151. The maximum Gasteiger partial charge on any atom is 0.164 e. The molecule has 6 nitrogen and oxygen atoms in total. The molecular weight excluding hydrogens is 901 g/mol. The monoisotopic (exact) mass is 940 g/mol. The van der Waals surface area contributed by atoms with Gasteiger partial charge < -0.3 is 0 Å². The van der Waals surface area contributed by atoms with Crippen molar-refractivity contribution in [2.45, 2.75) is 0 Å². The molecule has 2 heterocycles. The van der Waals surface area contributed by atoms with E-state index in [0.29, 0.717) is 34.9 Å². The minimum absolute atomic E-state index is 0.559. The highest BCUT2D eigenvalue weighted by Crippen LogP contribution is 2.52. The summed E-state index contributed by atoms with van der Waals surface area (Å²) < 4.78 is 0. The molecule has 2 aromatic heterocycles. The molecule has 0 radical (unpaired) electrons. The molecule has 15 rings (SSSR count). The van der Waals surface area contributed by atoms with Crippen LogP contribution in [0.25, 0.3) is 157 Å². The average Bonchev–Trinajstić information content (AvgIpc) is 3.99. The molecule has 0 atom stereocenters. The van der Waals surface area contributed by atoms with E-state index in [4.69, 9.17) is 29.9 Å². The van der Waals surface area contributed by atoms with Crippen molar-refractivity contribution >= 4 is 21.5 Å². The molecule has 342 valence electrons. The third-order valence-corrected chi connectivity index (χ3v) is 14.7. The third-order valence-electron chi connectivity index (χ3n) is 14.7. The lowest BCUT2D eigenvalue weighted by atomic mass is 9.89. The first-order valence-electron chi connectivity index (χ1n) is 24.9. The molecule has 74 heavy (non-hydrogen) atoms. The Bertz CT molecular complexity index is 4130. The number of fused-ring (bicyclic) bond motifs is 6. The molecule has 0 fully saturated rings. The molecule has 0 saturated carbocycles. The van der Waals surface area contributed by atoms with Gasteiger partial charge in [0.1, 0.15) is 0 Å². The van der Waals surface area contributed by atoms with Crippen LogP contribution in [0.4, 0.5) is 0 Å². The Morgan fingerprint density at radius 3 is 0.770 bits per heavy atom. The Labute approximate surface area is 427 Å². The van der Waals surface area contributed by atoms with Gasteiger partial charge in [-0.05, 0) is 107 Å². The first-order valence-corrected chi connectivity index (χ1v) is 24.9. The van der Waals surface area contributed by atoms with E-state index in [0.717, 1.165) is 55.6 Å². The van der Waals surface area contributed by atoms with Gasteiger partial charge in [-0.15, -0.1) is 0 Å². The second-order valence-electron chi connectivity index (χ2n) is 19.0. The molecule has 0 unspecified atom stereocenters. The van der Waals surface area contributed by atoms with Crippen LogP contribution >= 0.6 is 0 Å². The predicted molar refractivity (Wildman–Crippen MR) is 301 cm³/mol. The number of rotatable bonds is 8. The Morgan fingerprint density at radius 2 is 0.419 bits per heavy atom. The van der Waals surface area contributed by atoms with Crippen molar-refractivity contribution in [1.29, 1.82) is 0 Å². The lowest BCUT2D eigenvalue weighted by Gasteiger charge is -2.16. The fraction of sp³-hybridized carbons (Fsp3) is 0. The van der Waals surface area contributed by atoms with E-state index < -0.39 is 0 Å². The van der Waals surface area contributed by atoms with Crippen molar-refractivity contribution in [3.8, 4) is 135 Å². The molecule has 2 aliphatic carbocycles. The Hall–Kier alpha value is -10.0. The van der Waals surface area contributed by atoms with Gasteiger partial charge >= 0.3 is 0 Å². The van der Waals surface area contributed by atoms with Crippen molar-refractivity contribution in [2.24, 2.45) is 0 Å². The lowest BCUT2D eigenvalue weighted by Crippen LogP contribution is -2.01. The molecule has 6 heteroatoms. The minimum Gasteiger partial charge on any atom is -0.208 e. The summed E-state index contributed by atoms with van der Waals surface area (Å²) in [5.41, 5.74) is 19.9. The van der Waals surface area contributed by atoms with Gasteiger partial charge in [0.2, 0.25) is 0 Å². The van der Waals surface area contributed by atoms with E-state index >= 15 is 0 Å². The van der Waals surface area contributed by atoms with Crippen LogP contribution < -0.4 is 0 Å². The zero-order valence-electron chi connectivity index (χ0n) is 39.8. The van der Waals surface area contributed by atoms with Crippen LogP contribution in [0.3, 0.4) is 0 Å². The van der Waals surface area contributed by atoms with E-state index in [1.54, 1.807) is 0 Å². The van der Waals surface area contributed by atoms with Crippen molar-refractivity contribution in [3.05, 3.63) is 243 Å². The summed E-state index contributed by atoms with van der Waals surface area (Å²) in [6, 6.07) is 85.5. The van der Waals surface area contributed by atoms with Gasteiger partial charge in [-0.1, -0.05) is 224 Å². The smallest absolute Gasteiger partial charge is 0.164 e. The van der Waals surface area contributed by atoms with Gasteiger partial charge in [0.15, 0.2) is 34.9 Å². The first kappa shape index (κ1) is 41.7. The molecular formula is C68H40N6. The minimum atomic E-state index is 0.559. The van der Waals surface area contributed by atoms with Crippen molar-refractivity contribution < 1.29 is 0 Å². The molecule has 0 N–H and O–H groups in total. The van der Waals surface area contributed by atoms with Crippen molar-refractivity contribution in [3.63, 3.8) is 0 Å². The number of nitrogens with zero attached hydrogens (tertiary/aromatic N) is 6. The molecule has 0 spiro atoms. The van der Waals surface area contributed by atoms with Crippen LogP contribution in [0.15, 0.2) is 243 Å². The van der Waals surface area contributed by atoms with Crippen molar-refractivity contribution in [1.82, 2.24) is 29.9 Å². The second kappa shape index (κ2) is 16.8. The summed E-state index contributed by atoms with van der Waals surface area (Å²) in [5.74, 6) is 3.52. The van der Waals surface area contributed by atoms with Gasteiger partial charge in [-0.25, -0.2) is 29.9 Å². The highest BCUT2D eigenvalue weighted by atomic mass is 15.0. The summed E-state index contributed by atoms with van der Waals surface area (Å²) in [4.78, 5) is 30.8. The van der Waals surface area contributed by atoms with Gasteiger partial charge in [-0.2, -0.15) is 0 Å². The molecule has 0 bridgehead atoms. The molecule has 13 aromatic rings. The van der Waals surface area contributed by atoms with Gasteiger partial charge in [0, 0.05) is 33.4 Å². The Morgan fingerprint density at radius 1 is 0.162 bits per heavy atom. The van der Waals surface area contributed by atoms with E-state index in [-0.39, 0.29) is 0 Å². The summed E-state index contributed by atoms with van der Waals surface area (Å²) in [5, 5.41) is 4.98. The third kappa shape index (κ3) is 6.80. The SMILES string of the molecule is c1ccc(-c2nc(-c3ccccc3)nc(-c3ccc(-c4nc(-c5ccccc5)nc(-c5cc(-c6ccc7c8c(cccc68)-c6ccccc6-7)cc(-c6ccc7c8c(cccc68)-c6ccccc6-7)c5)n4)cc3)n2)cc1. The number of hydrogen-bond acceptors (Lipinski definition) is 6. The van der Waals surface area contributed by atoms with E-state index in [1.165, 1.54) is 66.1 Å². The van der Waals surface area contributed by atoms with Gasteiger partial charge in [0.05, 0.1) is 0 Å². The zero-order valence-corrected chi connectivity index (χ0v) is 39.8. The molecule has 0 aliphatic heterocycles. The fourth-order valence-corrected chi connectivity index (χ4v) is 11.2. The fourth-order valence-electron chi connectivity index (χ4n) is 11.2. The molecule has 0 amide bonds. The van der Waals surface area contributed by atoms with E-state index in [9.17, 15) is 0 Å². The molecule has 11 aromatic carbocycles. The molecule has 0 saturated heterocycles. The number of benzene rings is 11. The van der Waals surface area contributed by atoms with Crippen LogP contribution in [0.5, 0.6) is 0 Å². The summed E-state index contributed by atoms with van der Waals surface area (Å²) >= 11 is 0. The van der Waals surface area contributed by atoms with Crippen molar-refractivity contribution in [2.75, 3.05) is 0 Å². The Balaban J connectivity index is 0.913. The predicted octanol–water partition coefficient (Wildman–Crippen LogP) is 17.0. The average molecular weight is 941 g/mol. The maximum atomic E-state index is 5.37. The lowest BCUT2D eigenvalue weighted by molar-refractivity contribution is 1.07. The Kier molecular flexibility index (Phi) is 9.47. The summed E-state index contributed by atoms with van der Waals surface area (Å²) in [7, 11) is 0. The highest BCUT2D eigenvalue weighted by molar-refractivity contribution is 6.20. The van der Waals surface area contributed by atoms with E-state index in [1.807, 2.05) is 91.0 Å². The summed E-state index contributed by atoms with van der Waals surface area (Å²) in [6.45, 7) is 0. The maximum absolute atomic E-state index is 5.37. The second-order valence-corrected chi connectivity index (χ2v) is 19.0. The molecule has 2 aliphatic rings. The number of aromatic nitrogens is 6. The zero-order chi connectivity index (χ0) is 48.7. The van der Waals surface area contributed by atoms with Crippen LogP contribution in [-0.2, 0) is 0 Å².